The molecule has 0 aliphatic rings. The highest BCUT2D eigenvalue weighted by molar-refractivity contribution is 9.10. The smallest absolute Gasteiger partial charge is 0.197 e. The predicted octanol–water partition coefficient (Wildman–Crippen LogP) is 6.18. The minimum absolute atomic E-state index is 0.327. The SMILES string of the molecule is CC[Si](CC)(OCCCc1ccc(Br)cc1)C(C)(C)C. The van der Waals surface area contributed by atoms with E-state index in [1.165, 1.54) is 17.7 Å². The average molecular weight is 357 g/mol. The third kappa shape index (κ3) is 4.71. The van der Waals surface area contributed by atoms with Crippen LogP contribution in [0.25, 0.3) is 0 Å². The van der Waals surface area contributed by atoms with Crippen molar-refractivity contribution in [2.75, 3.05) is 6.61 Å². The van der Waals surface area contributed by atoms with E-state index in [9.17, 15) is 0 Å². The van der Waals surface area contributed by atoms with Gasteiger partial charge in [-0.1, -0.05) is 62.7 Å². The van der Waals surface area contributed by atoms with Crippen molar-refractivity contribution in [3.8, 4) is 0 Å². The monoisotopic (exact) mass is 356 g/mol. The molecule has 0 amide bonds. The zero-order valence-corrected chi connectivity index (χ0v) is 16.2. The van der Waals surface area contributed by atoms with E-state index in [2.05, 4.69) is 74.8 Å². The van der Waals surface area contributed by atoms with Crippen molar-refractivity contribution in [3.05, 3.63) is 34.3 Å². The van der Waals surface area contributed by atoms with Gasteiger partial charge in [0.2, 0.25) is 0 Å². The van der Waals surface area contributed by atoms with Gasteiger partial charge in [0, 0.05) is 11.1 Å². The lowest BCUT2D eigenvalue weighted by Gasteiger charge is -2.41. The molecule has 0 N–H and O–H groups in total. The number of rotatable bonds is 7. The van der Waals surface area contributed by atoms with Gasteiger partial charge in [-0.05, 0) is 47.7 Å². The molecule has 0 unspecified atom stereocenters. The summed E-state index contributed by atoms with van der Waals surface area (Å²) < 4.78 is 7.61. The molecular formula is C17H29BrOSi. The highest BCUT2D eigenvalue weighted by Crippen LogP contribution is 2.42. The van der Waals surface area contributed by atoms with E-state index >= 15 is 0 Å². The highest BCUT2D eigenvalue weighted by Gasteiger charge is 2.43. The second-order valence-electron chi connectivity index (χ2n) is 6.53. The molecule has 0 aliphatic carbocycles. The largest absolute Gasteiger partial charge is 0.416 e. The molecule has 0 radical (unpaired) electrons. The van der Waals surface area contributed by atoms with Crippen LogP contribution in [0, 0.1) is 0 Å². The van der Waals surface area contributed by atoms with Gasteiger partial charge in [0.15, 0.2) is 8.32 Å². The first-order chi connectivity index (χ1) is 9.34. The van der Waals surface area contributed by atoms with E-state index in [1.54, 1.807) is 0 Å². The molecule has 3 heteroatoms. The Morgan fingerprint density at radius 3 is 2.05 bits per heavy atom. The van der Waals surface area contributed by atoms with Gasteiger partial charge in [-0.15, -0.1) is 0 Å². The molecule has 0 fully saturated rings. The van der Waals surface area contributed by atoms with E-state index in [-0.39, 0.29) is 0 Å². The first-order valence-corrected chi connectivity index (χ1v) is 10.8. The second kappa shape index (κ2) is 7.76. The summed E-state index contributed by atoms with van der Waals surface area (Å²) in [4.78, 5) is 0. The van der Waals surface area contributed by atoms with E-state index in [1.807, 2.05) is 0 Å². The normalized spacial score (nSPS) is 12.7. The third-order valence-electron chi connectivity index (χ3n) is 4.41. The fraction of sp³-hybridized carbons (Fsp3) is 0.647. The van der Waals surface area contributed by atoms with Crippen molar-refractivity contribution in [2.45, 2.75) is 64.6 Å². The van der Waals surface area contributed by atoms with Crippen LogP contribution in [-0.2, 0) is 10.8 Å². The quantitative estimate of drug-likeness (QED) is 0.418. The molecule has 0 aliphatic heterocycles. The van der Waals surface area contributed by atoms with E-state index in [4.69, 9.17) is 4.43 Å². The maximum Gasteiger partial charge on any atom is 0.197 e. The summed E-state index contributed by atoms with van der Waals surface area (Å²) in [5, 5.41) is 0.327. The van der Waals surface area contributed by atoms with Gasteiger partial charge in [0.25, 0.3) is 0 Å². The van der Waals surface area contributed by atoms with Crippen LogP contribution in [-0.4, -0.2) is 14.9 Å². The Kier molecular flexibility index (Phi) is 6.96. The minimum atomic E-state index is -1.60. The molecule has 0 saturated heterocycles. The van der Waals surface area contributed by atoms with Crippen molar-refractivity contribution in [3.63, 3.8) is 0 Å². The summed E-state index contributed by atoms with van der Waals surface area (Å²) in [5.74, 6) is 0. The summed E-state index contributed by atoms with van der Waals surface area (Å²) in [6.45, 7) is 12.6. The lowest BCUT2D eigenvalue weighted by Crippen LogP contribution is -2.46. The summed E-state index contributed by atoms with van der Waals surface area (Å²) >= 11 is 3.47. The van der Waals surface area contributed by atoms with Crippen molar-refractivity contribution < 1.29 is 4.43 Å². The number of aryl methyl sites for hydroxylation is 1. The Morgan fingerprint density at radius 2 is 1.60 bits per heavy atom. The summed E-state index contributed by atoms with van der Waals surface area (Å²) in [6.07, 6.45) is 2.22. The first-order valence-electron chi connectivity index (χ1n) is 7.73. The lowest BCUT2D eigenvalue weighted by molar-refractivity contribution is 0.273. The first kappa shape index (κ1) is 17.9. The van der Waals surface area contributed by atoms with Crippen LogP contribution in [0.2, 0.25) is 17.1 Å². The molecule has 20 heavy (non-hydrogen) atoms. The Balaban J connectivity index is 2.47. The fourth-order valence-electron chi connectivity index (χ4n) is 2.93. The van der Waals surface area contributed by atoms with Gasteiger partial charge in [-0.2, -0.15) is 0 Å². The zero-order chi connectivity index (χ0) is 15.2. The van der Waals surface area contributed by atoms with Gasteiger partial charge in [0.05, 0.1) is 0 Å². The van der Waals surface area contributed by atoms with E-state index in [0.29, 0.717) is 5.04 Å². The summed E-state index contributed by atoms with van der Waals surface area (Å²) in [7, 11) is -1.60. The van der Waals surface area contributed by atoms with Crippen LogP contribution in [0.15, 0.2) is 28.7 Å². The molecule has 0 atom stereocenters. The zero-order valence-electron chi connectivity index (χ0n) is 13.6. The van der Waals surface area contributed by atoms with Crippen molar-refractivity contribution in [1.29, 1.82) is 0 Å². The molecule has 1 nitrogen and oxygen atoms in total. The van der Waals surface area contributed by atoms with Gasteiger partial charge < -0.3 is 4.43 Å². The molecule has 0 saturated carbocycles. The summed E-state index contributed by atoms with van der Waals surface area (Å²) in [6, 6.07) is 11.0. The van der Waals surface area contributed by atoms with Crippen LogP contribution in [0.5, 0.6) is 0 Å². The Bertz CT molecular complexity index is 390. The number of halogens is 1. The minimum Gasteiger partial charge on any atom is -0.416 e. The van der Waals surface area contributed by atoms with Gasteiger partial charge >= 0.3 is 0 Å². The fourth-order valence-corrected chi connectivity index (χ4v) is 7.19. The maximum atomic E-state index is 6.47. The molecule has 0 spiro atoms. The highest BCUT2D eigenvalue weighted by atomic mass is 79.9. The Labute approximate surface area is 134 Å². The van der Waals surface area contributed by atoms with Crippen LogP contribution in [0.1, 0.15) is 46.6 Å². The van der Waals surface area contributed by atoms with Gasteiger partial charge in [-0.25, -0.2) is 0 Å². The molecule has 1 aromatic carbocycles. The van der Waals surface area contributed by atoms with Crippen LogP contribution in [0.3, 0.4) is 0 Å². The van der Waals surface area contributed by atoms with Gasteiger partial charge in [-0.3, -0.25) is 0 Å². The number of benzene rings is 1. The van der Waals surface area contributed by atoms with Crippen LogP contribution in [0.4, 0.5) is 0 Å². The summed E-state index contributed by atoms with van der Waals surface area (Å²) in [5.41, 5.74) is 1.40. The maximum absolute atomic E-state index is 6.47. The second-order valence-corrected chi connectivity index (χ2v) is 12.6. The molecule has 0 aromatic heterocycles. The molecule has 114 valence electrons. The van der Waals surface area contributed by atoms with Crippen LogP contribution >= 0.6 is 15.9 Å². The Morgan fingerprint density at radius 1 is 1.05 bits per heavy atom. The van der Waals surface area contributed by atoms with Crippen LogP contribution < -0.4 is 0 Å². The molecule has 1 rings (SSSR count). The van der Waals surface area contributed by atoms with Crippen molar-refractivity contribution >= 4 is 24.2 Å². The van der Waals surface area contributed by atoms with E-state index in [0.717, 1.165) is 23.9 Å². The van der Waals surface area contributed by atoms with Gasteiger partial charge in [0.1, 0.15) is 0 Å². The third-order valence-corrected chi connectivity index (χ3v) is 10.7. The Hall–Kier alpha value is -0.123. The van der Waals surface area contributed by atoms with E-state index < -0.39 is 8.32 Å². The number of hydrogen-bond donors (Lipinski definition) is 0. The lowest BCUT2D eigenvalue weighted by atomic mass is 10.1. The molecule has 0 heterocycles. The molecule has 1 aromatic rings. The topological polar surface area (TPSA) is 9.23 Å². The average Bonchev–Trinajstić information content (AvgIpc) is 2.40. The van der Waals surface area contributed by atoms with Crippen molar-refractivity contribution in [2.24, 2.45) is 0 Å². The number of hydrogen-bond acceptors (Lipinski definition) is 1. The predicted molar refractivity (Wildman–Crippen MR) is 94.8 cm³/mol. The molecule has 0 bridgehead atoms. The molecular weight excluding hydrogens is 328 g/mol. The van der Waals surface area contributed by atoms with Crippen molar-refractivity contribution in [1.82, 2.24) is 0 Å². The standard InChI is InChI=1S/C17H29BrOSi/c1-6-20(7-2,17(3,4)5)19-14-8-9-15-10-12-16(18)13-11-15/h10-13H,6-9,14H2,1-5H3.